The van der Waals surface area contributed by atoms with Crippen molar-refractivity contribution in [3.63, 3.8) is 0 Å². The lowest BCUT2D eigenvalue weighted by Gasteiger charge is -2.39. The second kappa shape index (κ2) is 8.56. The van der Waals surface area contributed by atoms with Crippen LogP contribution >= 0.6 is 0 Å². The fourth-order valence-corrected chi connectivity index (χ4v) is 3.31. The Hall–Kier alpha value is -2.04. The summed E-state index contributed by atoms with van der Waals surface area (Å²) in [5, 5.41) is 9.33. The first-order valence-electron chi connectivity index (χ1n) is 8.35. The van der Waals surface area contributed by atoms with Crippen molar-refractivity contribution in [1.82, 2.24) is 4.90 Å². The summed E-state index contributed by atoms with van der Waals surface area (Å²) in [6.07, 6.45) is 4.59. The number of ether oxygens (including phenoxy) is 1. The van der Waals surface area contributed by atoms with Crippen molar-refractivity contribution in [2.45, 2.75) is 57.5 Å². The van der Waals surface area contributed by atoms with Crippen molar-refractivity contribution in [3.05, 3.63) is 35.9 Å². The zero-order chi connectivity index (χ0) is 16.7. The topological polar surface area (TPSA) is 66.8 Å². The average Bonchev–Trinajstić information content (AvgIpc) is 2.56. The summed E-state index contributed by atoms with van der Waals surface area (Å²) in [6.45, 7) is 2.06. The lowest BCUT2D eigenvalue weighted by atomic mass is 9.91. The molecule has 0 aliphatic heterocycles. The van der Waals surface area contributed by atoms with Crippen LogP contribution in [0.5, 0.6) is 0 Å². The predicted octanol–water partition coefficient (Wildman–Crippen LogP) is 3.99. The molecule has 1 N–H and O–H groups in total. The molecule has 1 aromatic rings. The molecule has 1 saturated carbocycles. The lowest BCUT2D eigenvalue weighted by Crippen LogP contribution is -2.45. The van der Waals surface area contributed by atoms with Crippen molar-refractivity contribution in [1.29, 1.82) is 0 Å². The fraction of sp³-hybridized carbons (Fsp3) is 0.556. The first-order chi connectivity index (χ1) is 11.1. The van der Waals surface area contributed by atoms with Crippen LogP contribution in [-0.4, -0.2) is 34.7 Å². The van der Waals surface area contributed by atoms with Crippen molar-refractivity contribution in [2.24, 2.45) is 0 Å². The molecule has 1 amide bonds. The minimum atomic E-state index is -0.913. The van der Waals surface area contributed by atoms with Gasteiger partial charge >= 0.3 is 12.1 Å². The largest absolute Gasteiger partial charge is 0.481 e. The van der Waals surface area contributed by atoms with Crippen molar-refractivity contribution in [3.8, 4) is 0 Å². The Morgan fingerprint density at radius 2 is 1.87 bits per heavy atom. The van der Waals surface area contributed by atoms with E-state index in [-0.39, 0.29) is 19.1 Å². The van der Waals surface area contributed by atoms with Crippen LogP contribution in [-0.2, 0) is 9.53 Å². The highest BCUT2D eigenvalue weighted by molar-refractivity contribution is 5.72. The van der Waals surface area contributed by atoms with Crippen LogP contribution in [0, 0.1) is 0 Å². The molecular weight excluding hydrogens is 294 g/mol. The van der Waals surface area contributed by atoms with Crippen LogP contribution in [0.4, 0.5) is 4.79 Å². The number of nitrogens with zero attached hydrogens (tertiary/aromatic N) is 1. The number of hydrogen-bond donors (Lipinski definition) is 1. The van der Waals surface area contributed by atoms with Crippen molar-refractivity contribution < 1.29 is 19.4 Å². The Morgan fingerprint density at radius 1 is 1.22 bits per heavy atom. The lowest BCUT2D eigenvalue weighted by molar-refractivity contribution is -0.138. The molecule has 1 unspecified atom stereocenters. The number of benzene rings is 1. The van der Waals surface area contributed by atoms with Gasteiger partial charge in [0.15, 0.2) is 0 Å². The Kier molecular flexibility index (Phi) is 6.44. The van der Waals surface area contributed by atoms with Gasteiger partial charge in [0.05, 0.1) is 19.1 Å². The Bertz CT molecular complexity index is 511. The molecule has 1 atom stereocenters. The molecule has 5 heteroatoms. The van der Waals surface area contributed by atoms with Crippen LogP contribution in [0.2, 0.25) is 0 Å². The normalized spacial score (nSPS) is 16.6. The van der Waals surface area contributed by atoms with E-state index in [1.165, 1.54) is 6.42 Å². The van der Waals surface area contributed by atoms with Crippen LogP contribution in [0.25, 0.3) is 0 Å². The maximum absolute atomic E-state index is 12.5. The monoisotopic (exact) mass is 319 g/mol. The van der Waals surface area contributed by atoms with E-state index in [2.05, 4.69) is 0 Å². The SMILES string of the molecule is CCOC(=O)N(C1CCCCC1)C(CC(=O)O)c1ccccc1. The molecule has 0 aromatic heterocycles. The van der Waals surface area contributed by atoms with Crippen LogP contribution in [0.1, 0.15) is 57.1 Å². The Morgan fingerprint density at radius 3 is 2.43 bits per heavy atom. The van der Waals surface area contributed by atoms with E-state index >= 15 is 0 Å². The van der Waals surface area contributed by atoms with Gasteiger partial charge in [-0.1, -0.05) is 49.6 Å². The average molecular weight is 319 g/mol. The molecule has 0 bridgehead atoms. The third-order valence-electron chi connectivity index (χ3n) is 4.33. The minimum Gasteiger partial charge on any atom is -0.481 e. The molecule has 0 saturated heterocycles. The van der Waals surface area contributed by atoms with E-state index in [9.17, 15) is 14.7 Å². The van der Waals surface area contributed by atoms with Gasteiger partial charge in [0.2, 0.25) is 0 Å². The van der Waals surface area contributed by atoms with E-state index in [4.69, 9.17) is 4.74 Å². The van der Waals surface area contributed by atoms with E-state index in [0.29, 0.717) is 0 Å². The fourth-order valence-electron chi connectivity index (χ4n) is 3.31. The van der Waals surface area contributed by atoms with Crippen LogP contribution in [0.3, 0.4) is 0 Å². The van der Waals surface area contributed by atoms with E-state index in [0.717, 1.165) is 31.2 Å². The molecule has 2 rings (SSSR count). The summed E-state index contributed by atoms with van der Waals surface area (Å²) in [5.74, 6) is -0.913. The first-order valence-corrected chi connectivity index (χ1v) is 8.35. The highest BCUT2D eigenvalue weighted by Gasteiger charge is 2.34. The number of hydrogen-bond acceptors (Lipinski definition) is 3. The summed E-state index contributed by atoms with van der Waals surface area (Å²) >= 11 is 0. The quantitative estimate of drug-likeness (QED) is 0.861. The highest BCUT2D eigenvalue weighted by Crippen LogP contribution is 2.33. The number of amides is 1. The summed E-state index contributed by atoms with van der Waals surface area (Å²) in [5.41, 5.74) is 0.841. The maximum atomic E-state index is 12.5. The van der Waals surface area contributed by atoms with Gasteiger partial charge in [-0.15, -0.1) is 0 Å². The molecule has 126 valence electrons. The van der Waals surface area contributed by atoms with Gasteiger partial charge in [0, 0.05) is 6.04 Å². The summed E-state index contributed by atoms with van der Waals surface area (Å²) in [6, 6.07) is 8.94. The molecule has 1 aliphatic carbocycles. The van der Waals surface area contributed by atoms with E-state index in [1.54, 1.807) is 11.8 Å². The molecule has 0 heterocycles. The molecule has 1 aromatic carbocycles. The number of carbonyl (C=O) groups excluding carboxylic acids is 1. The summed E-state index contributed by atoms with van der Waals surface area (Å²) in [7, 11) is 0. The third kappa shape index (κ3) is 4.71. The van der Waals surface area contributed by atoms with E-state index in [1.807, 2.05) is 30.3 Å². The molecule has 23 heavy (non-hydrogen) atoms. The Balaban J connectivity index is 2.33. The number of carboxylic acid groups (broad SMARTS) is 1. The smallest absolute Gasteiger partial charge is 0.410 e. The van der Waals surface area contributed by atoms with Gasteiger partial charge in [-0.25, -0.2) is 4.79 Å². The number of aliphatic carboxylic acids is 1. The van der Waals surface area contributed by atoms with Gasteiger partial charge < -0.3 is 9.84 Å². The third-order valence-corrected chi connectivity index (χ3v) is 4.33. The first kappa shape index (κ1) is 17.3. The highest BCUT2D eigenvalue weighted by atomic mass is 16.6. The van der Waals surface area contributed by atoms with Crippen LogP contribution < -0.4 is 0 Å². The molecular formula is C18H25NO4. The second-order valence-corrected chi connectivity index (χ2v) is 5.92. The number of rotatable bonds is 6. The molecule has 1 aliphatic rings. The van der Waals surface area contributed by atoms with Gasteiger partial charge in [-0.2, -0.15) is 0 Å². The van der Waals surface area contributed by atoms with E-state index < -0.39 is 18.1 Å². The number of carboxylic acids is 1. The maximum Gasteiger partial charge on any atom is 0.410 e. The van der Waals surface area contributed by atoms with Crippen molar-refractivity contribution in [2.75, 3.05) is 6.61 Å². The zero-order valence-corrected chi connectivity index (χ0v) is 13.6. The summed E-state index contributed by atoms with van der Waals surface area (Å²) in [4.78, 5) is 25.6. The second-order valence-electron chi connectivity index (χ2n) is 5.92. The van der Waals surface area contributed by atoms with Gasteiger partial charge in [-0.05, 0) is 25.3 Å². The zero-order valence-electron chi connectivity index (χ0n) is 13.6. The van der Waals surface area contributed by atoms with Gasteiger partial charge in [0.1, 0.15) is 0 Å². The molecule has 0 spiro atoms. The van der Waals surface area contributed by atoms with Gasteiger partial charge in [-0.3, -0.25) is 9.69 Å². The van der Waals surface area contributed by atoms with Crippen LogP contribution in [0.15, 0.2) is 30.3 Å². The Labute approximate surface area is 137 Å². The van der Waals surface area contributed by atoms with Gasteiger partial charge in [0.25, 0.3) is 0 Å². The minimum absolute atomic E-state index is 0.0485. The molecule has 5 nitrogen and oxygen atoms in total. The molecule has 0 radical (unpaired) electrons. The molecule has 1 fully saturated rings. The predicted molar refractivity (Wildman–Crippen MR) is 87.2 cm³/mol. The van der Waals surface area contributed by atoms with Crippen molar-refractivity contribution >= 4 is 12.1 Å². The number of carbonyl (C=O) groups is 2. The summed E-state index contributed by atoms with van der Waals surface area (Å²) < 4.78 is 5.24. The standard InChI is InChI=1S/C18H25NO4/c1-2-23-18(22)19(15-11-7-4-8-12-15)16(13-17(20)21)14-9-5-3-6-10-14/h3,5-6,9-10,15-16H,2,4,7-8,11-13H2,1H3,(H,20,21).